The minimum Gasteiger partial charge on any atom is -0.495 e. The van der Waals surface area contributed by atoms with Crippen molar-refractivity contribution < 1.29 is 13.9 Å². The van der Waals surface area contributed by atoms with E-state index >= 15 is 4.39 Å². The minimum atomic E-state index is -0.648. The second-order valence-electron chi connectivity index (χ2n) is 13.6. The summed E-state index contributed by atoms with van der Waals surface area (Å²) in [5, 5.41) is 16.0. The molecule has 254 valence electrons. The Kier molecular flexibility index (Phi) is 9.20. The predicted octanol–water partition coefficient (Wildman–Crippen LogP) is 4.93. The van der Waals surface area contributed by atoms with E-state index in [0.717, 1.165) is 101 Å². The third-order valence-corrected chi connectivity index (χ3v) is 10.8. The van der Waals surface area contributed by atoms with Crippen LogP contribution in [0.3, 0.4) is 0 Å². The minimum absolute atomic E-state index is 0.0170. The van der Waals surface area contributed by atoms with E-state index in [4.69, 9.17) is 9.72 Å². The zero-order chi connectivity index (χ0) is 33.4. The van der Waals surface area contributed by atoms with Gasteiger partial charge in [0.25, 0.3) is 5.91 Å². The fourth-order valence-corrected chi connectivity index (χ4v) is 8.17. The molecule has 48 heavy (non-hydrogen) atoms. The molecular weight excluding hydrogens is 611 g/mol. The first-order chi connectivity index (χ1) is 23.4. The second-order valence-corrected chi connectivity index (χ2v) is 13.6. The lowest BCUT2D eigenvalue weighted by atomic mass is 9.89. The Bertz CT molecular complexity index is 1680. The van der Waals surface area contributed by atoms with E-state index < -0.39 is 11.7 Å². The van der Waals surface area contributed by atoms with E-state index in [1.807, 2.05) is 4.57 Å². The quantitative estimate of drug-likeness (QED) is 0.345. The number of fused-ring (bicyclic) bond motifs is 3. The molecule has 1 atom stereocenters. The van der Waals surface area contributed by atoms with Crippen molar-refractivity contribution >= 4 is 23.4 Å². The number of hydrogen-bond acceptors (Lipinski definition) is 10. The number of nitrogens with zero attached hydrogens (tertiary/aromatic N) is 8. The van der Waals surface area contributed by atoms with Crippen LogP contribution in [0.25, 0.3) is 5.69 Å². The highest BCUT2D eigenvalue weighted by Crippen LogP contribution is 2.44. The van der Waals surface area contributed by atoms with Gasteiger partial charge in [-0.3, -0.25) is 14.3 Å². The van der Waals surface area contributed by atoms with Crippen molar-refractivity contribution in [1.82, 2.24) is 34.6 Å². The van der Waals surface area contributed by atoms with Crippen LogP contribution in [0.5, 0.6) is 5.75 Å². The molecule has 1 aromatic carbocycles. The normalized spacial score (nSPS) is 23.3. The highest BCUT2D eigenvalue weighted by atomic mass is 19.1. The summed E-state index contributed by atoms with van der Waals surface area (Å²) < 4.78 is 23.1. The Labute approximate surface area is 281 Å². The van der Waals surface area contributed by atoms with Crippen molar-refractivity contribution in [2.45, 2.75) is 88.9 Å². The number of amides is 1. The molecule has 3 fully saturated rings. The number of methoxy groups -OCH3 is 1. The Morgan fingerprint density at radius 3 is 2.50 bits per heavy atom. The third kappa shape index (κ3) is 6.07. The van der Waals surface area contributed by atoms with Gasteiger partial charge in [0, 0.05) is 50.4 Å². The molecule has 2 aliphatic carbocycles. The average Bonchev–Trinajstić information content (AvgIpc) is 3.79. The van der Waals surface area contributed by atoms with Gasteiger partial charge in [0.05, 0.1) is 36.3 Å². The molecule has 0 unspecified atom stereocenters. The maximum absolute atomic E-state index is 15.6. The van der Waals surface area contributed by atoms with Gasteiger partial charge in [-0.1, -0.05) is 19.8 Å². The molecule has 3 aromatic rings. The van der Waals surface area contributed by atoms with E-state index in [1.165, 1.54) is 19.2 Å². The first-order valence-electron chi connectivity index (χ1n) is 17.4. The van der Waals surface area contributed by atoms with Gasteiger partial charge in [0.2, 0.25) is 5.95 Å². The monoisotopic (exact) mass is 656 g/mol. The fourth-order valence-electron chi connectivity index (χ4n) is 8.17. The smallest absolute Gasteiger partial charge is 0.254 e. The van der Waals surface area contributed by atoms with Gasteiger partial charge >= 0.3 is 0 Å². The van der Waals surface area contributed by atoms with Crippen molar-refractivity contribution in [3.63, 3.8) is 0 Å². The number of nitrogens with one attached hydrogen (secondary N) is 2. The summed E-state index contributed by atoms with van der Waals surface area (Å²) in [6, 6.07) is 5.76. The van der Waals surface area contributed by atoms with Gasteiger partial charge in [-0.2, -0.15) is 10.2 Å². The van der Waals surface area contributed by atoms with Gasteiger partial charge < -0.3 is 25.2 Å². The van der Waals surface area contributed by atoms with Crippen LogP contribution in [0, 0.1) is 17.1 Å². The fraction of sp³-hybridized carbons (Fsp3) is 0.571. The zero-order valence-corrected chi connectivity index (χ0v) is 28.1. The lowest BCUT2D eigenvalue weighted by Crippen LogP contribution is -2.51. The second kappa shape index (κ2) is 13.7. The number of halogens is 1. The number of likely N-dealkylation sites (N-methyl/N-ethyl adjacent to an activating group) is 1. The van der Waals surface area contributed by atoms with Crippen LogP contribution in [0.2, 0.25) is 0 Å². The summed E-state index contributed by atoms with van der Waals surface area (Å²) in [5.74, 6) is 0.263. The van der Waals surface area contributed by atoms with Crippen molar-refractivity contribution in [3.8, 4) is 17.5 Å². The molecular formula is C35H45FN10O2. The molecule has 0 spiro atoms. The Hall–Kier alpha value is -4.28. The first kappa shape index (κ1) is 32.3. The molecule has 1 saturated heterocycles. The Morgan fingerprint density at radius 1 is 1.06 bits per heavy atom. The van der Waals surface area contributed by atoms with Crippen molar-refractivity contribution in [3.05, 3.63) is 47.4 Å². The van der Waals surface area contributed by atoms with E-state index in [-0.39, 0.29) is 29.6 Å². The molecule has 2 N–H and O–H groups in total. The summed E-state index contributed by atoms with van der Waals surface area (Å²) in [6.07, 6.45) is 12.3. The van der Waals surface area contributed by atoms with E-state index in [0.29, 0.717) is 23.2 Å². The van der Waals surface area contributed by atoms with Crippen LogP contribution in [0.1, 0.15) is 92.5 Å². The van der Waals surface area contributed by atoms with Crippen molar-refractivity contribution in [1.29, 1.82) is 5.26 Å². The molecule has 1 amide bonds. The standard InChI is InChI=1S/C35H45FN10O2/c1-4-29-32-28(19-37)39-21-45(32)30-20-38-35(42-33(30)46(29)24-7-5-6-8-24)41-27-18-26(36)25(17-31(27)48-3)34(47)40-22-9-11-23(12-10-22)44-15-13-43(2)14-16-44/h17-18,20-24,29H,4-16H2,1-3H3,(H,40,47)(H,38,41,42)/t22-,23-,29-/m1/s1. The molecule has 2 saturated carbocycles. The molecule has 7 rings (SSSR count). The lowest BCUT2D eigenvalue weighted by Gasteiger charge is -2.41. The molecule has 4 heterocycles. The molecule has 0 radical (unpaired) electrons. The summed E-state index contributed by atoms with van der Waals surface area (Å²) in [5.41, 5.74) is 2.31. The predicted molar refractivity (Wildman–Crippen MR) is 180 cm³/mol. The van der Waals surface area contributed by atoms with Crippen LogP contribution in [0.4, 0.5) is 21.8 Å². The molecule has 2 aliphatic heterocycles. The summed E-state index contributed by atoms with van der Waals surface area (Å²) in [7, 11) is 3.66. The molecule has 13 heteroatoms. The number of ether oxygens (including phenoxy) is 1. The number of nitriles is 1. The van der Waals surface area contributed by atoms with Gasteiger partial charge in [-0.15, -0.1) is 0 Å². The van der Waals surface area contributed by atoms with Crippen LogP contribution >= 0.6 is 0 Å². The topological polar surface area (TPSA) is 127 Å². The molecule has 12 nitrogen and oxygen atoms in total. The zero-order valence-electron chi connectivity index (χ0n) is 28.1. The van der Waals surface area contributed by atoms with E-state index in [9.17, 15) is 10.1 Å². The third-order valence-electron chi connectivity index (χ3n) is 10.8. The summed E-state index contributed by atoms with van der Waals surface area (Å²) in [4.78, 5) is 34.5. The Morgan fingerprint density at radius 2 is 1.81 bits per heavy atom. The highest BCUT2D eigenvalue weighted by Gasteiger charge is 2.39. The largest absolute Gasteiger partial charge is 0.495 e. The van der Waals surface area contributed by atoms with Crippen molar-refractivity contribution in [2.24, 2.45) is 0 Å². The van der Waals surface area contributed by atoms with E-state index in [2.05, 4.69) is 55.3 Å². The first-order valence-corrected chi connectivity index (χ1v) is 17.4. The number of rotatable bonds is 8. The summed E-state index contributed by atoms with van der Waals surface area (Å²) >= 11 is 0. The SMILES string of the molecule is CC[C@@H]1c2c(C#N)ncn2-c2cnc(Nc3cc(F)c(C(=O)N[C@H]4CC[C@H](N5CCN(C)CC5)CC4)cc3OC)nc2N1C1CCCC1. The molecule has 4 aliphatic rings. The van der Waals surface area contributed by atoms with Gasteiger partial charge in [0.1, 0.15) is 29.7 Å². The molecule has 2 aromatic heterocycles. The number of anilines is 3. The van der Waals surface area contributed by atoms with Crippen LogP contribution in [0.15, 0.2) is 24.7 Å². The molecule has 0 bridgehead atoms. The number of piperazine rings is 1. The Balaban J connectivity index is 1.09. The van der Waals surface area contributed by atoms with Crippen LogP contribution in [-0.4, -0.2) is 93.7 Å². The van der Waals surface area contributed by atoms with Gasteiger partial charge in [0.15, 0.2) is 11.5 Å². The van der Waals surface area contributed by atoms with Gasteiger partial charge in [-0.25, -0.2) is 14.4 Å². The maximum atomic E-state index is 15.6. The number of aromatic nitrogens is 4. The number of imidazole rings is 1. The van der Waals surface area contributed by atoms with E-state index in [1.54, 1.807) is 12.5 Å². The number of carbonyl (C=O) groups is 1. The highest BCUT2D eigenvalue weighted by molar-refractivity contribution is 5.96. The van der Waals surface area contributed by atoms with Crippen molar-refractivity contribution in [2.75, 3.05) is 50.6 Å². The van der Waals surface area contributed by atoms with Gasteiger partial charge in [-0.05, 0) is 58.1 Å². The van der Waals surface area contributed by atoms with Crippen LogP contribution in [-0.2, 0) is 0 Å². The summed E-state index contributed by atoms with van der Waals surface area (Å²) in [6.45, 7) is 6.48. The maximum Gasteiger partial charge on any atom is 0.254 e. The van der Waals surface area contributed by atoms with Crippen LogP contribution < -0.4 is 20.3 Å². The number of carbonyl (C=O) groups excluding carboxylic acids is 1. The number of hydrogen-bond donors (Lipinski definition) is 2. The average molecular weight is 657 g/mol. The lowest BCUT2D eigenvalue weighted by molar-refractivity contribution is 0.0789. The number of benzene rings is 1.